The molecule has 0 unspecified atom stereocenters. The average Bonchev–Trinajstić information content (AvgIpc) is 2.49. The highest BCUT2D eigenvalue weighted by atomic mass is 32.2. The van der Waals surface area contributed by atoms with Crippen molar-refractivity contribution < 1.29 is 0 Å². The molecule has 19 heavy (non-hydrogen) atoms. The number of hydrogen-bond donors (Lipinski definition) is 0. The second-order valence-electron chi connectivity index (χ2n) is 4.11. The monoisotopic (exact) mass is 264 g/mol. The molecule has 0 radical (unpaired) electrons. The highest BCUT2D eigenvalue weighted by Gasteiger charge is 1.97. The van der Waals surface area contributed by atoms with Gasteiger partial charge in [-0.25, -0.2) is 0 Å². The molecule has 92 valence electrons. The summed E-state index contributed by atoms with van der Waals surface area (Å²) in [5.74, 6) is 1.84. The Balaban J connectivity index is 1.85. The first-order valence-electron chi connectivity index (χ1n) is 5.87. The fourth-order valence-corrected chi connectivity index (χ4v) is 2.60. The maximum atomic E-state index is 8.72. The van der Waals surface area contributed by atoms with Crippen LogP contribution in [-0.4, -0.2) is 0 Å². The van der Waals surface area contributed by atoms with Gasteiger partial charge in [-0.2, -0.15) is 22.3 Å². The van der Waals surface area contributed by atoms with Crippen molar-refractivity contribution in [2.24, 2.45) is 0 Å². The SMILES string of the molecule is N#Cc1ccc(CSCc2ccc(C#N)cc2)cc1. The molecule has 2 aromatic rings. The molecule has 0 fully saturated rings. The molecule has 0 N–H and O–H groups in total. The van der Waals surface area contributed by atoms with E-state index in [1.165, 1.54) is 11.1 Å². The first kappa shape index (κ1) is 13.2. The Hall–Kier alpha value is -2.23. The third-order valence-electron chi connectivity index (χ3n) is 2.70. The van der Waals surface area contributed by atoms with Gasteiger partial charge in [0.25, 0.3) is 0 Å². The molecule has 0 amide bonds. The fraction of sp³-hybridized carbons (Fsp3) is 0.125. The lowest BCUT2D eigenvalue weighted by atomic mass is 10.2. The molecule has 0 aliphatic heterocycles. The number of nitriles is 2. The van der Waals surface area contributed by atoms with Crippen molar-refractivity contribution in [2.45, 2.75) is 11.5 Å². The van der Waals surface area contributed by atoms with E-state index in [1.54, 1.807) is 0 Å². The van der Waals surface area contributed by atoms with Crippen LogP contribution in [0.1, 0.15) is 22.3 Å². The zero-order valence-corrected chi connectivity index (χ0v) is 11.2. The van der Waals surface area contributed by atoms with Gasteiger partial charge in [0, 0.05) is 11.5 Å². The second kappa shape index (κ2) is 6.64. The molecule has 3 heteroatoms. The number of nitrogens with zero attached hydrogens (tertiary/aromatic N) is 2. The Morgan fingerprint density at radius 3 is 1.37 bits per heavy atom. The van der Waals surface area contributed by atoms with Gasteiger partial charge in [-0.1, -0.05) is 24.3 Å². The summed E-state index contributed by atoms with van der Waals surface area (Å²) in [4.78, 5) is 0. The van der Waals surface area contributed by atoms with Crippen molar-refractivity contribution in [3.8, 4) is 12.1 Å². The topological polar surface area (TPSA) is 47.6 Å². The lowest BCUT2D eigenvalue weighted by molar-refractivity contribution is 1.35. The summed E-state index contributed by atoms with van der Waals surface area (Å²) in [6.07, 6.45) is 0. The quantitative estimate of drug-likeness (QED) is 0.842. The minimum atomic E-state index is 0.695. The summed E-state index contributed by atoms with van der Waals surface area (Å²) in [5.41, 5.74) is 3.83. The lowest BCUT2D eigenvalue weighted by Crippen LogP contribution is -1.85. The highest BCUT2D eigenvalue weighted by molar-refractivity contribution is 7.97. The van der Waals surface area contributed by atoms with Crippen molar-refractivity contribution in [2.75, 3.05) is 0 Å². The third kappa shape index (κ3) is 3.88. The van der Waals surface area contributed by atoms with E-state index in [2.05, 4.69) is 12.1 Å². The molecule has 2 rings (SSSR count). The van der Waals surface area contributed by atoms with Gasteiger partial charge in [0.05, 0.1) is 23.3 Å². The Morgan fingerprint density at radius 2 is 1.05 bits per heavy atom. The zero-order valence-electron chi connectivity index (χ0n) is 10.3. The minimum Gasteiger partial charge on any atom is -0.192 e. The Kier molecular flexibility index (Phi) is 4.61. The molecular weight excluding hydrogens is 252 g/mol. The Morgan fingerprint density at radius 1 is 0.684 bits per heavy atom. The van der Waals surface area contributed by atoms with Gasteiger partial charge >= 0.3 is 0 Å². The molecule has 2 nitrogen and oxygen atoms in total. The summed E-state index contributed by atoms with van der Waals surface area (Å²) in [5, 5.41) is 17.4. The number of thioether (sulfide) groups is 1. The summed E-state index contributed by atoms with van der Waals surface area (Å²) < 4.78 is 0. The molecule has 0 saturated carbocycles. The predicted molar refractivity (Wildman–Crippen MR) is 77.3 cm³/mol. The van der Waals surface area contributed by atoms with Crippen LogP contribution in [-0.2, 0) is 11.5 Å². The first-order chi connectivity index (χ1) is 9.31. The number of hydrogen-bond acceptors (Lipinski definition) is 3. The van der Waals surface area contributed by atoms with Crippen molar-refractivity contribution >= 4 is 11.8 Å². The van der Waals surface area contributed by atoms with E-state index >= 15 is 0 Å². The molecule has 0 heterocycles. The van der Waals surface area contributed by atoms with Gasteiger partial charge in [-0.15, -0.1) is 0 Å². The van der Waals surface area contributed by atoms with Gasteiger partial charge in [-0.05, 0) is 35.4 Å². The molecule has 2 aromatic carbocycles. The second-order valence-corrected chi connectivity index (χ2v) is 5.10. The normalized spacial score (nSPS) is 9.58. The van der Waals surface area contributed by atoms with Crippen LogP contribution < -0.4 is 0 Å². The van der Waals surface area contributed by atoms with E-state index in [0.29, 0.717) is 11.1 Å². The molecule has 0 aliphatic carbocycles. The molecule has 0 atom stereocenters. The van der Waals surface area contributed by atoms with Crippen molar-refractivity contribution in [1.82, 2.24) is 0 Å². The summed E-state index contributed by atoms with van der Waals surface area (Å²) >= 11 is 1.82. The summed E-state index contributed by atoms with van der Waals surface area (Å²) in [7, 11) is 0. The van der Waals surface area contributed by atoms with Crippen LogP contribution in [0.25, 0.3) is 0 Å². The average molecular weight is 264 g/mol. The number of rotatable bonds is 4. The standard InChI is InChI=1S/C16H12N2S/c17-9-13-1-5-15(6-2-13)11-19-12-16-7-3-14(10-18)4-8-16/h1-8H,11-12H2. The largest absolute Gasteiger partial charge is 0.192 e. The van der Waals surface area contributed by atoms with Crippen LogP contribution in [0.2, 0.25) is 0 Å². The van der Waals surface area contributed by atoms with Crippen LogP contribution >= 0.6 is 11.8 Å². The van der Waals surface area contributed by atoms with Gasteiger partial charge < -0.3 is 0 Å². The zero-order chi connectivity index (χ0) is 13.5. The molecular formula is C16H12N2S. The maximum Gasteiger partial charge on any atom is 0.0991 e. The van der Waals surface area contributed by atoms with Gasteiger partial charge in [-0.3, -0.25) is 0 Å². The van der Waals surface area contributed by atoms with E-state index in [-0.39, 0.29) is 0 Å². The molecule has 0 bridgehead atoms. The van der Waals surface area contributed by atoms with E-state index in [9.17, 15) is 0 Å². The van der Waals surface area contributed by atoms with E-state index < -0.39 is 0 Å². The van der Waals surface area contributed by atoms with Crippen LogP contribution in [0.15, 0.2) is 48.5 Å². The van der Waals surface area contributed by atoms with Crippen molar-refractivity contribution in [3.63, 3.8) is 0 Å². The summed E-state index contributed by atoms with van der Waals surface area (Å²) in [6.45, 7) is 0. The molecule has 0 saturated heterocycles. The first-order valence-corrected chi connectivity index (χ1v) is 7.03. The van der Waals surface area contributed by atoms with E-state index in [1.807, 2.05) is 60.3 Å². The molecule has 0 aromatic heterocycles. The van der Waals surface area contributed by atoms with Gasteiger partial charge in [0.1, 0.15) is 0 Å². The van der Waals surface area contributed by atoms with Crippen LogP contribution in [0, 0.1) is 22.7 Å². The fourth-order valence-electron chi connectivity index (χ4n) is 1.64. The highest BCUT2D eigenvalue weighted by Crippen LogP contribution is 2.18. The van der Waals surface area contributed by atoms with Crippen LogP contribution in [0.5, 0.6) is 0 Å². The van der Waals surface area contributed by atoms with E-state index in [4.69, 9.17) is 10.5 Å². The van der Waals surface area contributed by atoms with Gasteiger partial charge in [0.2, 0.25) is 0 Å². The van der Waals surface area contributed by atoms with Crippen LogP contribution in [0.4, 0.5) is 0 Å². The number of benzene rings is 2. The molecule has 0 spiro atoms. The minimum absolute atomic E-state index is 0.695. The van der Waals surface area contributed by atoms with Gasteiger partial charge in [0.15, 0.2) is 0 Å². The third-order valence-corrected chi connectivity index (χ3v) is 3.78. The Labute approximate surface area is 117 Å². The predicted octanol–water partition coefficient (Wildman–Crippen LogP) is 3.86. The smallest absolute Gasteiger partial charge is 0.0991 e. The van der Waals surface area contributed by atoms with Crippen LogP contribution in [0.3, 0.4) is 0 Å². The van der Waals surface area contributed by atoms with Crippen molar-refractivity contribution in [3.05, 3.63) is 70.8 Å². The van der Waals surface area contributed by atoms with E-state index in [0.717, 1.165) is 11.5 Å². The molecule has 0 aliphatic rings. The lowest BCUT2D eigenvalue weighted by Gasteiger charge is -2.03. The summed E-state index contributed by atoms with van der Waals surface area (Å²) in [6, 6.07) is 19.6. The maximum absolute atomic E-state index is 8.72. The van der Waals surface area contributed by atoms with Crippen molar-refractivity contribution in [1.29, 1.82) is 10.5 Å². The Bertz CT molecular complexity index is 558.